The summed E-state index contributed by atoms with van der Waals surface area (Å²) in [6, 6.07) is 2.87. The van der Waals surface area contributed by atoms with E-state index in [0.29, 0.717) is 0 Å². The predicted molar refractivity (Wildman–Crippen MR) is 48.6 cm³/mol. The molecule has 6 nitrogen and oxygen atoms in total. The molecule has 0 saturated heterocycles. The Morgan fingerprint density at radius 3 is 2.79 bits per heavy atom. The number of hydrogen-bond acceptors (Lipinski definition) is 3. The molecule has 2 amide bonds. The van der Waals surface area contributed by atoms with E-state index in [-0.39, 0.29) is 12.1 Å². The van der Waals surface area contributed by atoms with Gasteiger partial charge in [0.2, 0.25) is 5.91 Å². The van der Waals surface area contributed by atoms with Crippen molar-refractivity contribution in [2.45, 2.75) is 0 Å². The number of aromatic amines is 1. The number of carbonyl (C=O) groups is 2. The Morgan fingerprint density at radius 1 is 1.50 bits per heavy atom. The van der Waals surface area contributed by atoms with Crippen LogP contribution in [-0.4, -0.2) is 23.3 Å². The summed E-state index contributed by atoms with van der Waals surface area (Å²) >= 11 is 0. The lowest BCUT2D eigenvalue weighted by Gasteiger charge is -2.00. The van der Waals surface area contributed by atoms with Crippen molar-refractivity contribution in [3.8, 4) is 0 Å². The van der Waals surface area contributed by atoms with E-state index in [4.69, 9.17) is 5.73 Å². The van der Waals surface area contributed by atoms with E-state index in [1.54, 1.807) is 0 Å². The van der Waals surface area contributed by atoms with Crippen LogP contribution in [0.1, 0.15) is 10.4 Å². The summed E-state index contributed by atoms with van der Waals surface area (Å²) in [5, 5.41) is 2.21. The molecule has 0 atom stereocenters. The van der Waals surface area contributed by atoms with Gasteiger partial charge in [-0.2, -0.15) is 0 Å². The van der Waals surface area contributed by atoms with Gasteiger partial charge < -0.3 is 16.0 Å². The lowest BCUT2D eigenvalue weighted by Crippen LogP contribution is -2.35. The average Bonchev–Trinajstić information content (AvgIpc) is 2.15. The van der Waals surface area contributed by atoms with Crippen molar-refractivity contribution in [1.82, 2.24) is 10.3 Å². The number of H-pyrrole nitrogens is 1. The van der Waals surface area contributed by atoms with E-state index >= 15 is 0 Å². The van der Waals surface area contributed by atoms with E-state index < -0.39 is 17.4 Å². The Balaban J connectivity index is 2.75. The number of nitrogens with two attached hydrogens (primary N) is 1. The van der Waals surface area contributed by atoms with E-state index in [2.05, 4.69) is 10.3 Å². The largest absolute Gasteiger partial charge is 0.368 e. The number of amides is 2. The number of primary amides is 1. The second kappa shape index (κ2) is 4.22. The van der Waals surface area contributed by atoms with Gasteiger partial charge in [0.1, 0.15) is 5.56 Å². The van der Waals surface area contributed by atoms with Crippen LogP contribution in [0.2, 0.25) is 0 Å². The standard InChI is InChI=1S/C8H9N3O3/c9-6(12)4-11-8(14)5-2-1-3-10-7(5)13/h1-3H,4H2,(H2,9,12)(H,10,13)(H,11,14). The third-order valence-electron chi connectivity index (χ3n) is 1.49. The van der Waals surface area contributed by atoms with Crippen LogP contribution < -0.4 is 16.6 Å². The summed E-state index contributed by atoms with van der Waals surface area (Å²) in [6.45, 7) is -0.285. The first kappa shape index (κ1) is 9.97. The summed E-state index contributed by atoms with van der Waals surface area (Å²) in [5.41, 5.74) is 4.26. The van der Waals surface area contributed by atoms with E-state index in [0.717, 1.165) is 0 Å². The van der Waals surface area contributed by atoms with Gasteiger partial charge in [0, 0.05) is 6.20 Å². The fraction of sp³-hybridized carbons (Fsp3) is 0.125. The Kier molecular flexibility index (Phi) is 3.01. The first-order valence-corrected chi connectivity index (χ1v) is 3.85. The zero-order chi connectivity index (χ0) is 10.6. The van der Waals surface area contributed by atoms with Crippen LogP contribution in [0.5, 0.6) is 0 Å². The number of rotatable bonds is 3. The molecule has 6 heteroatoms. The van der Waals surface area contributed by atoms with Gasteiger partial charge in [0.25, 0.3) is 11.5 Å². The Hall–Kier alpha value is -2.11. The van der Waals surface area contributed by atoms with Crippen LogP contribution in [0.25, 0.3) is 0 Å². The fourth-order valence-corrected chi connectivity index (χ4v) is 0.863. The van der Waals surface area contributed by atoms with Crippen molar-refractivity contribution < 1.29 is 9.59 Å². The molecular weight excluding hydrogens is 186 g/mol. The molecule has 0 unspecified atom stereocenters. The third kappa shape index (κ3) is 2.44. The number of carbonyl (C=O) groups excluding carboxylic acids is 2. The summed E-state index contributed by atoms with van der Waals surface area (Å²) in [4.78, 5) is 35.0. The quantitative estimate of drug-likeness (QED) is 0.551. The van der Waals surface area contributed by atoms with E-state index in [1.807, 2.05) is 0 Å². The Morgan fingerprint density at radius 2 is 2.21 bits per heavy atom. The highest BCUT2D eigenvalue weighted by atomic mass is 16.2. The molecule has 0 aliphatic heterocycles. The maximum atomic E-state index is 11.2. The molecule has 14 heavy (non-hydrogen) atoms. The highest BCUT2D eigenvalue weighted by molar-refractivity contribution is 5.95. The molecule has 1 aromatic rings. The monoisotopic (exact) mass is 195 g/mol. The van der Waals surface area contributed by atoms with Crippen LogP contribution >= 0.6 is 0 Å². The van der Waals surface area contributed by atoms with Crippen molar-refractivity contribution >= 4 is 11.8 Å². The van der Waals surface area contributed by atoms with Gasteiger partial charge in [0.15, 0.2) is 0 Å². The van der Waals surface area contributed by atoms with Gasteiger partial charge in [-0.05, 0) is 12.1 Å². The lowest BCUT2D eigenvalue weighted by atomic mass is 10.2. The van der Waals surface area contributed by atoms with Gasteiger partial charge in [-0.3, -0.25) is 14.4 Å². The van der Waals surface area contributed by atoms with Crippen molar-refractivity contribution in [3.05, 3.63) is 34.2 Å². The Bertz CT molecular complexity index is 410. The van der Waals surface area contributed by atoms with Crippen LogP contribution in [0.4, 0.5) is 0 Å². The molecule has 0 aliphatic carbocycles. The highest BCUT2D eigenvalue weighted by Gasteiger charge is 2.09. The van der Waals surface area contributed by atoms with Gasteiger partial charge in [-0.1, -0.05) is 0 Å². The first-order valence-electron chi connectivity index (χ1n) is 3.85. The minimum atomic E-state index is -0.661. The number of hydrogen-bond donors (Lipinski definition) is 3. The van der Waals surface area contributed by atoms with Crippen LogP contribution in [0.15, 0.2) is 23.1 Å². The molecule has 0 aromatic carbocycles. The molecule has 1 aromatic heterocycles. The van der Waals surface area contributed by atoms with Gasteiger partial charge in [-0.15, -0.1) is 0 Å². The van der Waals surface area contributed by atoms with Crippen molar-refractivity contribution in [3.63, 3.8) is 0 Å². The lowest BCUT2D eigenvalue weighted by molar-refractivity contribution is -0.117. The number of pyridine rings is 1. The summed E-state index contributed by atoms with van der Waals surface area (Å²) in [7, 11) is 0. The molecular formula is C8H9N3O3. The molecule has 0 fully saturated rings. The molecule has 0 radical (unpaired) electrons. The van der Waals surface area contributed by atoms with Crippen molar-refractivity contribution in [2.75, 3.05) is 6.54 Å². The molecule has 0 bridgehead atoms. The maximum Gasteiger partial charge on any atom is 0.260 e. The van der Waals surface area contributed by atoms with E-state index in [1.165, 1.54) is 18.3 Å². The van der Waals surface area contributed by atoms with Crippen LogP contribution in [0, 0.1) is 0 Å². The minimum Gasteiger partial charge on any atom is -0.368 e. The van der Waals surface area contributed by atoms with Crippen LogP contribution in [-0.2, 0) is 4.79 Å². The molecule has 1 heterocycles. The van der Waals surface area contributed by atoms with Gasteiger partial charge in [-0.25, -0.2) is 0 Å². The number of nitrogens with one attached hydrogen (secondary N) is 2. The third-order valence-corrected chi connectivity index (χ3v) is 1.49. The molecule has 74 valence electrons. The van der Waals surface area contributed by atoms with Crippen molar-refractivity contribution in [2.24, 2.45) is 5.73 Å². The van der Waals surface area contributed by atoms with E-state index in [9.17, 15) is 14.4 Å². The SMILES string of the molecule is NC(=O)CNC(=O)c1ccc[nH]c1=O. The fourth-order valence-electron chi connectivity index (χ4n) is 0.863. The summed E-state index contributed by atoms with van der Waals surface area (Å²) < 4.78 is 0. The second-order valence-corrected chi connectivity index (χ2v) is 2.56. The average molecular weight is 195 g/mol. The summed E-state index contributed by atoms with van der Waals surface area (Å²) in [6.07, 6.45) is 1.41. The van der Waals surface area contributed by atoms with Crippen LogP contribution in [0.3, 0.4) is 0 Å². The van der Waals surface area contributed by atoms with Gasteiger partial charge in [0.05, 0.1) is 6.54 Å². The zero-order valence-corrected chi connectivity index (χ0v) is 7.24. The first-order chi connectivity index (χ1) is 6.61. The number of aromatic nitrogens is 1. The molecule has 1 rings (SSSR count). The highest BCUT2D eigenvalue weighted by Crippen LogP contribution is 1.87. The Labute approximate surface area is 79.1 Å². The van der Waals surface area contributed by atoms with Gasteiger partial charge >= 0.3 is 0 Å². The minimum absolute atomic E-state index is 0.0475. The second-order valence-electron chi connectivity index (χ2n) is 2.56. The normalized spacial score (nSPS) is 9.43. The smallest absolute Gasteiger partial charge is 0.260 e. The summed E-state index contributed by atoms with van der Waals surface area (Å²) in [5.74, 6) is -1.28. The maximum absolute atomic E-state index is 11.2. The topological polar surface area (TPSA) is 105 Å². The van der Waals surface area contributed by atoms with Crippen molar-refractivity contribution in [1.29, 1.82) is 0 Å². The molecule has 0 spiro atoms. The molecule has 4 N–H and O–H groups in total. The molecule has 0 saturated carbocycles. The molecule has 0 aliphatic rings. The zero-order valence-electron chi connectivity index (χ0n) is 7.24. The predicted octanol–water partition coefficient (Wildman–Crippen LogP) is -1.41.